The number of benzene rings is 1. The van der Waals surface area contributed by atoms with Gasteiger partial charge in [0.25, 0.3) is 5.91 Å². The van der Waals surface area contributed by atoms with E-state index in [9.17, 15) is 23.5 Å². The van der Waals surface area contributed by atoms with Gasteiger partial charge in [0.15, 0.2) is 0 Å². The van der Waals surface area contributed by atoms with Crippen LogP contribution >= 0.6 is 0 Å². The highest BCUT2D eigenvalue weighted by molar-refractivity contribution is 7.76. The van der Waals surface area contributed by atoms with Crippen molar-refractivity contribution in [3.63, 3.8) is 0 Å². The van der Waals surface area contributed by atoms with Gasteiger partial charge >= 0.3 is 5.97 Å². The summed E-state index contributed by atoms with van der Waals surface area (Å²) in [7, 11) is 3.57. The number of nitrogens with one attached hydrogen (secondary N) is 1. The number of hydrogen-bond acceptors (Lipinski definition) is 6. The summed E-state index contributed by atoms with van der Waals surface area (Å²) in [5, 5.41) is 13.3. The van der Waals surface area contributed by atoms with E-state index >= 15 is 0 Å². The van der Waals surface area contributed by atoms with E-state index in [0.717, 1.165) is 42.6 Å². The molecule has 1 aromatic carbocycles. The molecule has 1 aliphatic heterocycles. The highest BCUT2D eigenvalue weighted by Gasteiger charge is 2.40. The van der Waals surface area contributed by atoms with Crippen molar-refractivity contribution in [1.82, 2.24) is 19.5 Å². The van der Waals surface area contributed by atoms with Crippen LogP contribution in [0.1, 0.15) is 71.6 Å². The minimum absolute atomic E-state index is 0.115. The number of likely N-dealkylation sites (tertiary alicyclic amines) is 1. The van der Waals surface area contributed by atoms with Crippen LogP contribution in [0.15, 0.2) is 34.7 Å². The van der Waals surface area contributed by atoms with Crippen LogP contribution in [0.25, 0.3) is 22.4 Å². The zero-order valence-corrected chi connectivity index (χ0v) is 24.6. The fourth-order valence-corrected chi connectivity index (χ4v) is 6.32. The number of hydrogen-bond donors (Lipinski definition) is 3. The lowest BCUT2D eigenvalue weighted by Crippen LogP contribution is -2.43. The molecule has 2 fully saturated rings. The van der Waals surface area contributed by atoms with E-state index in [1.54, 1.807) is 7.05 Å². The van der Waals surface area contributed by atoms with Gasteiger partial charge in [-0.15, -0.1) is 0 Å². The Bertz CT molecular complexity index is 1460. The molecule has 1 saturated carbocycles. The van der Waals surface area contributed by atoms with Crippen molar-refractivity contribution in [3.05, 3.63) is 52.7 Å². The van der Waals surface area contributed by atoms with Crippen molar-refractivity contribution < 1.29 is 27.9 Å². The first kappa shape index (κ1) is 29.4. The van der Waals surface area contributed by atoms with Crippen LogP contribution < -0.4 is 5.32 Å². The maximum atomic E-state index is 13.0. The van der Waals surface area contributed by atoms with Crippen molar-refractivity contribution in [2.45, 2.75) is 57.9 Å². The molecule has 1 saturated heterocycles. The SMILES string of the molecule is CNC(=O)c1c(-c2ccc(C)cc2)oc2nc(CN(CCCC3(C(=O)O)CCN(C)CC3)S(=O)O)c(C3CC3)cc12. The zero-order valence-electron chi connectivity index (χ0n) is 23.8. The molecule has 3 N–H and O–H groups in total. The average molecular weight is 583 g/mol. The van der Waals surface area contributed by atoms with Gasteiger partial charge in [0.1, 0.15) is 5.76 Å². The van der Waals surface area contributed by atoms with Crippen LogP contribution in [-0.2, 0) is 22.6 Å². The monoisotopic (exact) mass is 582 g/mol. The number of fused-ring (bicyclic) bond motifs is 1. The summed E-state index contributed by atoms with van der Waals surface area (Å²) in [5.41, 5.74) is 3.37. The Labute approximate surface area is 242 Å². The predicted molar refractivity (Wildman–Crippen MR) is 157 cm³/mol. The third kappa shape index (κ3) is 6.23. The lowest BCUT2D eigenvalue weighted by molar-refractivity contribution is -0.152. The molecule has 1 aliphatic carbocycles. The number of piperidine rings is 1. The number of pyridine rings is 1. The Hall–Kier alpha value is -3.12. The molecule has 0 radical (unpaired) electrons. The van der Waals surface area contributed by atoms with E-state index < -0.39 is 22.7 Å². The van der Waals surface area contributed by atoms with Crippen molar-refractivity contribution in [2.75, 3.05) is 33.7 Å². The van der Waals surface area contributed by atoms with Crippen LogP contribution in [0.3, 0.4) is 0 Å². The Morgan fingerprint density at radius 2 is 1.90 bits per heavy atom. The van der Waals surface area contributed by atoms with E-state index in [1.807, 2.05) is 44.3 Å². The van der Waals surface area contributed by atoms with Crippen molar-refractivity contribution in [1.29, 1.82) is 0 Å². The molecule has 2 aromatic heterocycles. The van der Waals surface area contributed by atoms with Crippen LogP contribution in [0, 0.1) is 12.3 Å². The molecule has 1 unspecified atom stereocenters. The minimum Gasteiger partial charge on any atom is -0.481 e. The Morgan fingerprint density at radius 1 is 1.22 bits per heavy atom. The fourth-order valence-electron chi connectivity index (χ4n) is 5.80. The number of rotatable bonds is 11. The summed E-state index contributed by atoms with van der Waals surface area (Å²) in [6, 6.07) is 9.69. The van der Waals surface area contributed by atoms with Crippen LogP contribution in [0.5, 0.6) is 0 Å². The number of amides is 1. The van der Waals surface area contributed by atoms with Crippen LogP contribution in [-0.4, -0.2) is 73.7 Å². The first-order valence-corrected chi connectivity index (χ1v) is 15.2. The van der Waals surface area contributed by atoms with E-state index in [-0.39, 0.29) is 24.9 Å². The second kappa shape index (κ2) is 12.0. The number of aromatic nitrogens is 1. The number of nitrogens with zero attached hydrogens (tertiary/aromatic N) is 3. The van der Waals surface area contributed by atoms with Gasteiger partial charge in [0, 0.05) is 19.2 Å². The maximum Gasteiger partial charge on any atom is 0.309 e. The summed E-state index contributed by atoms with van der Waals surface area (Å²) in [6.07, 6.45) is 4.02. The third-order valence-corrected chi connectivity index (χ3v) is 9.34. The van der Waals surface area contributed by atoms with Crippen LogP contribution in [0.4, 0.5) is 0 Å². The molecular weight excluding hydrogens is 544 g/mol. The summed E-state index contributed by atoms with van der Waals surface area (Å²) in [4.78, 5) is 32.1. The molecular formula is C30H38N4O6S. The predicted octanol–water partition coefficient (Wildman–Crippen LogP) is 4.56. The number of aliphatic carboxylic acids is 1. The fraction of sp³-hybridized carbons (Fsp3) is 0.500. The smallest absolute Gasteiger partial charge is 0.309 e. The first-order chi connectivity index (χ1) is 19.6. The lowest BCUT2D eigenvalue weighted by Gasteiger charge is -2.37. The number of aryl methyl sites for hydroxylation is 1. The second-order valence-electron chi connectivity index (χ2n) is 11.5. The van der Waals surface area contributed by atoms with Gasteiger partial charge in [-0.1, -0.05) is 29.8 Å². The quantitative estimate of drug-likeness (QED) is 0.280. The van der Waals surface area contributed by atoms with Crippen molar-refractivity contribution >= 4 is 34.2 Å². The van der Waals surface area contributed by atoms with Crippen molar-refractivity contribution in [2.24, 2.45) is 5.41 Å². The summed E-state index contributed by atoms with van der Waals surface area (Å²) in [5.74, 6) is -0.361. The van der Waals surface area contributed by atoms with Crippen LogP contribution in [0.2, 0.25) is 0 Å². The molecule has 10 nitrogen and oxygen atoms in total. The summed E-state index contributed by atoms with van der Waals surface area (Å²) in [6.45, 7) is 3.81. The number of carbonyl (C=O) groups excluding carboxylic acids is 1. The highest BCUT2D eigenvalue weighted by atomic mass is 32.2. The third-order valence-electron chi connectivity index (χ3n) is 8.59. The Morgan fingerprint density at radius 3 is 2.49 bits per heavy atom. The first-order valence-electron chi connectivity index (χ1n) is 14.1. The minimum atomic E-state index is -2.27. The molecule has 0 spiro atoms. The summed E-state index contributed by atoms with van der Waals surface area (Å²) >= 11 is -2.27. The van der Waals surface area contributed by atoms with E-state index in [2.05, 4.69) is 10.2 Å². The molecule has 1 amide bonds. The molecule has 11 heteroatoms. The van der Waals surface area contributed by atoms with Gasteiger partial charge in [-0.3, -0.25) is 14.1 Å². The molecule has 2 aliphatic rings. The molecule has 3 aromatic rings. The second-order valence-corrected chi connectivity index (χ2v) is 12.5. The Kier molecular flexibility index (Phi) is 8.60. The summed E-state index contributed by atoms with van der Waals surface area (Å²) < 4.78 is 30.2. The van der Waals surface area contributed by atoms with Crippen molar-refractivity contribution in [3.8, 4) is 11.3 Å². The molecule has 1 atom stereocenters. The highest BCUT2D eigenvalue weighted by Crippen LogP contribution is 2.44. The van der Waals surface area contributed by atoms with E-state index in [4.69, 9.17) is 9.40 Å². The van der Waals surface area contributed by atoms with Gasteiger partial charge < -0.3 is 19.7 Å². The topological polar surface area (TPSA) is 136 Å². The number of carbonyl (C=O) groups is 2. The number of carboxylic acids is 1. The normalized spacial score (nSPS) is 18.1. The van der Waals surface area contributed by atoms with Gasteiger partial charge in [-0.2, -0.15) is 4.31 Å². The van der Waals surface area contributed by atoms with Gasteiger partial charge in [-0.05, 0) is 83.1 Å². The average Bonchev–Trinajstić information content (AvgIpc) is 3.73. The molecule has 41 heavy (non-hydrogen) atoms. The van der Waals surface area contributed by atoms with E-state index in [0.29, 0.717) is 53.8 Å². The van der Waals surface area contributed by atoms with Gasteiger partial charge in [0.05, 0.1) is 28.6 Å². The largest absolute Gasteiger partial charge is 0.481 e. The number of furan rings is 1. The standard InChI is InChI=1S/C30H38N4O6S/c1-19-5-7-21(8-6-19)26-25(27(35)31-2)23-17-22(20-9-10-20)24(32-28(23)40-26)18-34(41(38)39)14-4-11-30(29(36)37)12-15-33(3)16-13-30/h5-8,17,20H,4,9-16,18H2,1-3H3,(H,31,35)(H,36,37)(H,38,39). The van der Waals surface area contributed by atoms with E-state index in [1.165, 1.54) is 4.31 Å². The molecule has 220 valence electrons. The molecule has 3 heterocycles. The molecule has 5 rings (SSSR count). The molecule has 0 bridgehead atoms. The lowest BCUT2D eigenvalue weighted by atomic mass is 9.75. The van der Waals surface area contributed by atoms with Gasteiger partial charge in [0.2, 0.25) is 17.0 Å². The Balaban J connectivity index is 1.44. The van der Waals surface area contributed by atoms with Gasteiger partial charge in [-0.25, -0.2) is 9.19 Å². The number of carboxylic acid groups (broad SMARTS) is 1. The maximum absolute atomic E-state index is 13.0. The zero-order chi connectivity index (χ0) is 29.3.